The maximum Gasteiger partial charge on any atom is 0.231 e. The van der Waals surface area contributed by atoms with Gasteiger partial charge in [0.1, 0.15) is 0 Å². The van der Waals surface area contributed by atoms with Gasteiger partial charge in [-0.05, 0) is 29.8 Å². The van der Waals surface area contributed by atoms with Crippen molar-refractivity contribution in [2.45, 2.75) is 13.2 Å². The van der Waals surface area contributed by atoms with Crippen molar-refractivity contribution in [3.63, 3.8) is 0 Å². The maximum absolute atomic E-state index is 6.09. The van der Waals surface area contributed by atoms with E-state index in [0.29, 0.717) is 23.9 Å². The first-order valence-corrected chi connectivity index (χ1v) is 6.61. The number of hydrogen-bond donors (Lipinski definition) is 1. The Labute approximate surface area is 122 Å². The molecule has 2 N–H and O–H groups in total. The van der Waals surface area contributed by atoms with Crippen LogP contribution in [0, 0.1) is 0 Å². The molecule has 2 aromatic rings. The van der Waals surface area contributed by atoms with Crippen molar-refractivity contribution < 1.29 is 14.2 Å². The zero-order chi connectivity index (χ0) is 13.9. The first-order valence-electron chi connectivity index (χ1n) is 6.23. The molecule has 1 aliphatic heterocycles. The average Bonchev–Trinajstić information content (AvgIpc) is 2.89. The molecule has 4 nitrogen and oxygen atoms in total. The molecule has 1 aliphatic rings. The van der Waals surface area contributed by atoms with Crippen LogP contribution in [-0.2, 0) is 18.0 Å². The van der Waals surface area contributed by atoms with Gasteiger partial charge in [-0.15, -0.1) is 0 Å². The van der Waals surface area contributed by atoms with Crippen LogP contribution in [0.4, 0.5) is 5.69 Å². The number of anilines is 1. The first-order chi connectivity index (χ1) is 9.74. The van der Waals surface area contributed by atoms with Crippen molar-refractivity contribution in [1.29, 1.82) is 0 Å². The van der Waals surface area contributed by atoms with E-state index in [1.165, 1.54) is 0 Å². The highest BCUT2D eigenvalue weighted by Crippen LogP contribution is 2.32. The molecule has 0 unspecified atom stereocenters. The minimum atomic E-state index is 0.274. The van der Waals surface area contributed by atoms with Gasteiger partial charge in [0.2, 0.25) is 6.79 Å². The van der Waals surface area contributed by atoms with E-state index in [1.807, 2.05) is 30.3 Å². The third kappa shape index (κ3) is 2.66. The number of rotatable bonds is 4. The van der Waals surface area contributed by atoms with Gasteiger partial charge in [-0.2, -0.15) is 0 Å². The van der Waals surface area contributed by atoms with Gasteiger partial charge < -0.3 is 19.9 Å². The molecule has 0 atom stereocenters. The van der Waals surface area contributed by atoms with Crippen LogP contribution in [0.1, 0.15) is 11.1 Å². The van der Waals surface area contributed by atoms with Crippen LogP contribution in [0.3, 0.4) is 0 Å². The number of nitrogen functional groups attached to an aromatic ring is 1. The van der Waals surface area contributed by atoms with E-state index in [-0.39, 0.29) is 6.79 Å². The zero-order valence-electron chi connectivity index (χ0n) is 10.8. The lowest BCUT2D eigenvalue weighted by atomic mass is 10.2. The molecule has 0 amide bonds. The Morgan fingerprint density at radius 1 is 1.10 bits per heavy atom. The second kappa shape index (κ2) is 5.61. The van der Waals surface area contributed by atoms with Crippen molar-refractivity contribution in [1.82, 2.24) is 0 Å². The molecule has 3 rings (SSSR count). The fraction of sp³-hybridized carbons (Fsp3) is 0.200. The topological polar surface area (TPSA) is 53.7 Å². The van der Waals surface area contributed by atoms with Crippen molar-refractivity contribution in [2.75, 3.05) is 12.5 Å². The van der Waals surface area contributed by atoms with E-state index in [4.69, 9.17) is 31.5 Å². The van der Waals surface area contributed by atoms with E-state index in [9.17, 15) is 0 Å². The predicted octanol–water partition coefficient (Wildman–Crippen LogP) is 3.37. The fourth-order valence-corrected chi connectivity index (χ4v) is 2.27. The molecule has 0 saturated heterocycles. The van der Waals surface area contributed by atoms with Crippen molar-refractivity contribution >= 4 is 17.3 Å². The lowest BCUT2D eigenvalue weighted by Gasteiger charge is -2.09. The van der Waals surface area contributed by atoms with E-state index >= 15 is 0 Å². The molecule has 0 bridgehead atoms. The third-order valence-electron chi connectivity index (χ3n) is 3.11. The number of benzene rings is 2. The Bertz CT molecular complexity index is 610. The quantitative estimate of drug-likeness (QED) is 0.878. The molecular formula is C15H14ClNO3. The molecule has 0 spiro atoms. The molecule has 0 fully saturated rings. The lowest BCUT2D eigenvalue weighted by molar-refractivity contribution is 0.107. The molecule has 0 radical (unpaired) electrons. The lowest BCUT2D eigenvalue weighted by Crippen LogP contribution is -1.99. The SMILES string of the molecule is Nc1cccc(Cl)c1COCc1ccc2c(c1)OCO2. The van der Waals surface area contributed by atoms with E-state index in [1.54, 1.807) is 6.07 Å². The van der Waals surface area contributed by atoms with Crippen LogP contribution in [0.5, 0.6) is 11.5 Å². The number of fused-ring (bicyclic) bond motifs is 1. The van der Waals surface area contributed by atoms with Gasteiger partial charge in [-0.1, -0.05) is 23.7 Å². The van der Waals surface area contributed by atoms with Crippen LogP contribution in [0.25, 0.3) is 0 Å². The molecule has 1 heterocycles. The second-order valence-electron chi connectivity index (χ2n) is 4.49. The average molecular weight is 292 g/mol. The standard InChI is InChI=1S/C15H14ClNO3/c16-12-2-1-3-13(17)11(12)8-18-7-10-4-5-14-15(6-10)20-9-19-14/h1-6H,7-9,17H2. The third-order valence-corrected chi connectivity index (χ3v) is 3.46. The number of nitrogens with two attached hydrogens (primary N) is 1. The summed E-state index contributed by atoms with van der Waals surface area (Å²) in [5.74, 6) is 1.52. The zero-order valence-corrected chi connectivity index (χ0v) is 11.5. The summed E-state index contributed by atoms with van der Waals surface area (Å²) in [5, 5.41) is 0.621. The summed E-state index contributed by atoms with van der Waals surface area (Å²) in [6.45, 7) is 1.11. The number of halogens is 1. The fourth-order valence-electron chi connectivity index (χ4n) is 2.03. The van der Waals surface area contributed by atoms with E-state index in [2.05, 4.69) is 0 Å². The Morgan fingerprint density at radius 2 is 1.95 bits per heavy atom. The molecular weight excluding hydrogens is 278 g/mol. The van der Waals surface area contributed by atoms with Crippen LogP contribution in [0.2, 0.25) is 5.02 Å². The van der Waals surface area contributed by atoms with Crippen LogP contribution >= 0.6 is 11.6 Å². The summed E-state index contributed by atoms with van der Waals surface area (Å²) in [5.41, 5.74) is 8.34. The molecule has 2 aromatic carbocycles. The second-order valence-corrected chi connectivity index (χ2v) is 4.90. The maximum atomic E-state index is 6.09. The monoisotopic (exact) mass is 291 g/mol. The van der Waals surface area contributed by atoms with Crippen LogP contribution in [0.15, 0.2) is 36.4 Å². The normalized spacial score (nSPS) is 12.7. The molecule has 104 valence electrons. The smallest absolute Gasteiger partial charge is 0.231 e. The summed E-state index contributed by atoms with van der Waals surface area (Å²) in [6, 6.07) is 11.2. The summed E-state index contributed by atoms with van der Waals surface area (Å²) >= 11 is 6.09. The van der Waals surface area contributed by atoms with Crippen LogP contribution in [-0.4, -0.2) is 6.79 Å². The van der Waals surface area contributed by atoms with Gasteiger partial charge in [-0.25, -0.2) is 0 Å². The Hall–Kier alpha value is -1.91. The molecule has 0 aromatic heterocycles. The Balaban J connectivity index is 1.63. The summed E-state index contributed by atoms with van der Waals surface area (Å²) in [6.07, 6.45) is 0. The number of ether oxygens (including phenoxy) is 3. The highest BCUT2D eigenvalue weighted by molar-refractivity contribution is 6.31. The van der Waals surface area contributed by atoms with Gasteiger partial charge in [0.05, 0.1) is 13.2 Å². The minimum Gasteiger partial charge on any atom is -0.454 e. The van der Waals surface area contributed by atoms with Crippen molar-refractivity contribution in [3.05, 3.63) is 52.5 Å². The molecule has 20 heavy (non-hydrogen) atoms. The van der Waals surface area contributed by atoms with Gasteiger partial charge in [0.25, 0.3) is 0 Å². The van der Waals surface area contributed by atoms with Gasteiger partial charge in [0.15, 0.2) is 11.5 Å². The van der Waals surface area contributed by atoms with Gasteiger partial charge >= 0.3 is 0 Å². The highest BCUT2D eigenvalue weighted by Gasteiger charge is 2.13. The van der Waals surface area contributed by atoms with Crippen molar-refractivity contribution in [3.8, 4) is 11.5 Å². The predicted molar refractivity (Wildman–Crippen MR) is 76.9 cm³/mol. The molecule has 5 heteroatoms. The molecule has 0 saturated carbocycles. The number of hydrogen-bond acceptors (Lipinski definition) is 4. The van der Waals surface area contributed by atoms with E-state index in [0.717, 1.165) is 22.6 Å². The first kappa shape index (κ1) is 13.1. The highest BCUT2D eigenvalue weighted by atomic mass is 35.5. The van der Waals surface area contributed by atoms with Crippen LogP contribution < -0.4 is 15.2 Å². The summed E-state index contributed by atoms with van der Waals surface area (Å²) in [4.78, 5) is 0. The summed E-state index contributed by atoms with van der Waals surface area (Å²) < 4.78 is 16.3. The van der Waals surface area contributed by atoms with Gasteiger partial charge in [0, 0.05) is 16.3 Å². The largest absolute Gasteiger partial charge is 0.454 e. The Morgan fingerprint density at radius 3 is 2.80 bits per heavy atom. The minimum absolute atomic E-state index is 0.274. The molecule has 0 aliphatic carbocycles. The Kier molecular flexibility index (Phi) is 3.67. The van der Waals surface area contributed by atoms with Crippen molar-refractivity contribution in [2.24, 2.45) is 0 Å². The van der Waals surface area contributed by atoms with E-state index < -0.39 is 0 Å². The summed E-state index contributed by atoms with van der Waals surface area (Å²) in [7, 11) is 0. The van der Waals surface area contributed by atoms with Gasteiger partial charge in [-0.3, -0.25) is 0 Å².